The van der Waals surface area contributed by atoms with Crippen molar-refractivity contribution in [2.75, 3.05) is 13.3 Å². The Hall–Kier alpha value is -0.870. The molecule has 1 aromatic carbocycles. The molecule has 1 aromatic rings. The summed E-state index contributed by atoms with van der Waals surface area (Å²) in [6.07, 6.45) is 6.14. The van der Waals surface area contributed by atoms with Crippen molar-refractivity contribution in [2.45, 2.75) is 50.3 Å². The van der Waals surface area contributed by atoms with Crippen LogP contribution < -0.4 is 5.32 Å². The minimum atomic E-state index is -2.91. The standard InChI is InChI=1S/C17H27NO2S/c1-13-7-9-14(10-8-13)11-17(18-2)15-5-4-6-16(12-15)21(3,19)20/h7-10,15-18H,4-6,11-12H2,1-3H3. The summed E-state index contributed by atoms with van der Waals surface area (Å²) in [6.45, 7) is 2.09. The highest BCUT2D eigenvalue weighted by molar-refractivity contribution is 7.91. The molecule has 0 amide bonds. The molecule has 0 aliphatic heterocycles. The van der Waals surface area contributed by atoms with Gasteiger partial charge in [0.25, 0.3) is 0 Å². The van der Waals surface area contributed by atoms with E-state index in [1.165, 1.54) is 17.4 Å². The van der Waals surface area contributed by atoms with Gasteiger partial charge in [-0.2, -0.15) is 0 Å². The van der Waals surface area contributed by atoms with Crippen LogP contribution in [0.1, 0.15) is 36.8 Å². The molecule has 4 heteroatoms. The van der Waals surface area contributed by atoms with Gasteiger partial charge in [-0.1, -0.05) is 36.2 Å². The second-order valence-corrected chi connectivity index (χ2v) is 8.79. The fourth-order valence-corrected chi connectivity index (χ4v) is 4.61. The minimum absolute atomic E-state index is 0.148. The van der Waals surface area contributed by atoms with E-state index in [-0.39, 0.29) is 5.25 Å². The molecule has 21 heavy (non-hydrogen) atoms. The Balaban J connectivity index is 2.04. The zero-order chi connectivity index (χ0) is 15.5. The molecule has 3 nitrogen and oxygen atoms in total. The summed E-state index contributed by atoms with van der Waals surface area (Å²) in [5, 5.41) is 3.26. The first-order valence-electron chi connectivity index (χ1n) is 7.82. The van der Waals surface area contributed by atoms with E-state index in [1.807, 2.05) is 7.05 Å². The third-order valence-corrected chi connectivity index (χ3v) is 6.43. The van der Waals surface area contributed by atoms with Crippen molar-refractivity contribution < 1.29 is 8.42 Å². The van der Waals surface area contributed by atoms with E-state index in [9.17, 15) is 8.42 Å². The Morgan fingerprint density at radius 1 is 1.24 bits per heavy atom. The van der Waals surface area contributed by atoms with E-state index in [0.717, 1.165) is 32.1 Å². The molecule has 2 rings (SSSR count). The topological polar surface area (TPSA) is 46.2 Å². The Kier molecular flexibility index (Phi) is 5.44. The maximum atomic E-state index is 11.8. The van der Waals surface area contributed by atoms with Gasteiger partial charge in [-0.15, -0.1) is 0 Å². The maximum Gasteiger partial charge on any atom is 0.150 e. The largest absolute Gasteiger partial charge is 0.316 e. The van der Waals surface area contributed by atoms with Crippen LogP contribution in [0.5, 0.6) is 0 Å². The summed E-state index contributed by atoms with van der Waals surface area (Å²) >= 11 is 0. The number of aryl methyl sites for hydroxylation is 1. The smallest absolute Gasteiger partial charge is 0.150 e. The summed E-state index contributed by atoms with van der Waals surface area (Å²) in [7, 11) is -0.918. The molecule has 1 aliphatic carbocycles. The minimum Gasteiger partial charge on any atom is -0.316 e. The van der Waals surface area contributed by atoms with Crippen molar-refractivity contribution in [1.29, 1.82) is 0 Å². The number of hydrogen-bond donors (Lipinski definition) is 1. The lowest BCUT2D eigenvalue weighted by Crippen LogP contribution is -2.40. The van der Waals surface area contributed by atoms with Gasteiger partial charge in [0.1, 0.15) is 9.84 Å². The molecule has 3 unspecified atom stereocenters. The van der Waals surface area contributed by atoms with Gasteiger partial charge in [-0.3, -0.25) is 0 Å². The van der Waals surface area contributed by atoms with Crippen molar-refractivity contribution in [1.82, 2.24) is 5.32 Å². The molecule has 0 saturated heterocycles. The Labute approximate surface area is 129 Å². The molecule has 0 spiro atoms. The lowest BCUT2D eigenvalue weighted by molar-refractivity contribution is 0.278. The second kappa shape index (κ2) is 6.93. The van der Waals surface area contributed by atoms with E-state index in [4.69, 9.17) is 0 Å². The van der Waals surface area contributed by atoms with Gasteiger partial charge in [-0.25, -0.2) is 8.42 Å². The SMILES string of the molecule is CNC(Cc1ccc(C)cc1)C1CCCC(S(C)(=O)=O)C1. The first-order chi connectivity index (χ1) is 9.90. The quantitative estimate of drug-likeness (QED) is 0.909. The fraction of sp³-hybridized carbons (Fsp3) is 0.647. The van der Waals surface area contributed by atoms with Crippen LogP contribution in [0.4, 0.5) is 0 Å². The number of likely N-dealkylation sites (N-methyl/N-ethyl adjacent to an activating group) is 1. The van der Waals surface area contributed by atoms with Crippen LogP contribution in [0.15, 0.2) is 24.3 Å². The van der Waals surface area contributed by atoms with Crippen LogP contribution in [0.3, 0.4) is 0 Å². The molecule has 0 radical (unpaired) electrons. The van der Waals surface area contributed by atoms with Crippen LogP contribution in [0.25, 0.3) is 0 Å². The average Bonchev–Trinajstić information content (AvgIpc) is 2.46. The molecule has 0 heterocycles. The predicted molar refractivity (Wildman–Crippen MR) is 88.3 cm³/mol. The summed E-state index contributed by atoms with van der Waals surface area (Å²) in [5.74, 6) is 0.449. The molecule has 1 saturated carbocycles. The maximum absolute atomic E-state index is 11.8. The molecular weight excluding hydrogens is 282 g/mol. The van der Waals surface area contributed by atoms with Crippen LogP contribution in [-0.2, 0) is 16.3 Å². The van der Waals surface area contributed by atoms with E-state index >= 15 is 0 Å². The number of nitrogens with one attached hydrogen (secondary N) is 1. The molecule has 0 aromatic heterocycles. The zero-order valence-corrected chi connectivity index (χ0v) is 14.1. The van der Waals surface area contributed by atoms with Gasteiger partial charge in [0, 0.05) is 12.3 Å². The lowest BCUT2D eigenvalue weighted by atomic mass is 9.81. The average molecular weight is 309 g/mol. The first-order valence-corrected chi connectivity index (χ1v) is 9.77. The lowest BCUT2D eigenvalue weighted by Gasteiger charge is -2.34. The third-order valence-electron chi connectivity index (χ3n) is 4.79. The summed E-state index contributed by atoms with van der Waals surface area (Å²) < 4.78 is 23.6. The van der Waals surface area contributed by atoms with Crippen molar-refractivity contribution >= 4 is 9.84 Å². The third kappa shape index (κ3) is 4.55. The molecule has 3 atom stereocenters. The molecule has 0 bridgehead atoms. The first kappa shape index (κ1) is 16.5. The predicted octanol–water partition coefficient (Wildman–Crippen LogP) is 2.73. The Bertz CT molecular complexity index is 551. The second-order valence-electron chi connectivity index (χ2n) is 6.46. The van der Waals surface area contributed by atoms with Gasteiger partial charge >= 0.3 is 0 Å². The van der Waals surface area contributed by atoms with Crippen molar-refractivity contribution in [3.63, 3.8) is 0 Å². The van der Waals surface area contributed by atoms with E-state index in [1.54, 1.807) is 0 Å². The number of hydrogen-bond acceptors (Lipinski definition) is 3. The number of benzene rings is 1. The van der Waals surface area contributed by atoms with Gasteiger partial charge < -0.3 is 5.32 Å². The number of sulfone groups is 1. The molecule has 1 fully saturated rings. The van der Waals surface area contributed by atoms with Gasteiger partial charge in [0.05, 0.1) is 5.25 Å². The van der Waals surface area contributed by atoms with E-state index in [2.05, 4.69) is 36.5 Å². The highest BCUT2D eigenvalue weighted by Crippen LogP contribution is 2.31. The molecule has 118 valence electrons. The van der Waals surface area contributed by atoms with Crippen LogP contribution in [0, 0.1) is 12.8 Å². The normalized spacial score (nSPS) is 24.7. The monoisotopic (exact) mass is 309 g/mol. The van der Waals surface area contributed by atoms with Crippen molar-refractivity contribution in [3.8, 4) is 0 Å². The van der Waals surface area contributed by atoms with Crippen molar-refractivity contribution in [3.05, 3.63) is 35.4 Å². The van der Waals surface area contributed by atoms with E-state index in [0.29, 0.717) is 12.0 Å². The molecular formula is C17H27NO2S. The molecule has 1 aliphatic rings. The highest BCUT2D eigenvalue weighted by atomic mass is 32.2. The summed E-state index contributed by atoms with van der Waals surface area (Å²) in [6, 6.07) is 9.00. The van der Waals surface area contributed by atoms with Gasteiger partial charge in [-0.05, 0) is 51.1 Å². The van der Waals surface area contributed by atoms with Gasteiger partial charge in [0.15, 0.2) is 0 Å². The zero-order valence-electron chi connectivity index (χ0n) is 13.3. The van der Waals surface area contributed by atoms with Crippen LogP contribution in [-0.4, -0.2) is 33.0 Å². The highest BCUT2D eigenvalue weighted by Gasteiger charge is 2.32. The summed E-state index contributed by atoms with van der Waals surface area (Å²) in [5.41, 5.74) is 2.59. The fourth-order valence-electron chi connectivity index (χ4n) is 3.42. The van der Waals surface area contributed by atoms with Crippen LogP contribution >= 0.6 is 0 Å². The molecule has 1 N–H and O–H groups in total. The van der Waals surface area contributed by atoms with Crippen LogP contribution in [0.2, 0.25) is 0 Å². The van der Waals surface area contributed by atoms with Crippen molar-refractivity contribution in [2.24, 2.45) is 5.92 Å². The Morgan fingerprint density at radius 2 is 1.90 bits per heavy atom. The number of rotatable bonds is 5. The Morgan fingerprint density at radius 3 is 2.48 bits per heavy atom. The van der Waals surface area contributed by atoms with Gasteiger partial charge in [0.2, 0.25) is 0 Å². The summed E-state index contributed by atoms with van der Waals surface area (Å²) in [4.78, 5) is 0. The van der Waals surface area contributed by atoms with E-state index < -0.39 is 9.84 Å².